The Kier molecular flexibility index (Phi) is 2.43. The van der Waals surface area contributed by atoms with Crippen LogP contribution in [0.3, 0.4) is 0 Å². The van der Waals surface area contributed by atoms with Crippen molar-refractivity contribution in [3.05, 3.63) is 34.2 Å². The highest BCUT2D eigenvalue weighted by Gasteiger charge is 2.00. The lowest BCUT2D eigenvalue weighted by molar-refractivity contribution is 0.101. The Labute approximate surface area is 70.6 Å². The van der Waals surface area contributed by atoms with Crippen molar-refractivity contribution in [3.63, 3.8) is 0 Å². The van der Waals surface area contributed by atoms with Crippen molar-refractivity contribution in [1.82, 2.24) is 4.57 Å². The van der Waals surface area contributed by atoms with Gasteiger partial charge in [-0.1, -0.05) is 0 Å². The van der Waals surface area contributed by atoms with E-state index < -0.39 is 0 Å². The van der Waals surface area contributed by atoms with Crippen LogP contribution < -0.4 is 5.56 Å². The van der Waals surface area contributed by atoms with Crippen LogP contribution in [0.15, 0.2) is 23.1 Å². The van der Waals surface area contributed by atoms with Gasteiger partial charge in [-0.05, 0) is 19.9 Å². The lowest BCUT2D eigenvalue weighted by Gasteiger charge is -2.01. The molecule has 0 bridgehead atoms. The summed E-state index contributed by atoms with van der Waals surface area (Å²) >= 11 is 0. The summed E-state index contributed by atoms with van der Waals surface area (Å²) in [6.07, 6.45) is 1.59. The lowest BCUT2D eigenvalue weighted by atomic mass is 10.2. The van der Waals surface area contributed by atoms with E-state index in [0.29, 0.717) is 12.1 Å². The number of Topliss-reactive ketones (excluding diaryl/α,β-unsaturated/α-hetero) is 1. The third kappa shape index (κ3) is 1.61. The van der Waals surface area contributed by atoms with Crippen LogP contribution in [-0.2, 0) is 6.54 Å². The summed E-state index contributed by atoms with van der Waals surface area (Å²) < 4.78 is 1.51. The third-order valence-electron chi connectivity index (χ3n) is 1.73. The predicted molar refractivity (Wildman–Crippen MR) is 46.4 cm³/mol. The Bertz CT molecular complexity index is 352. The van der Waals surface area contributed by atoms with Crippen LogP contribution in [-0.4, -0.2) is 10.4 Å². The van der Waals surface area contributed by atoms with Gasteiger partial charge in [0.2, 0.25) is 0 Å². The molecular weight excluding hydrogens is 154 g/mol. The summed E-state index contributed by atoms with van der Waals surface area (Å²) in [5, 5.41) is 0. The minimum Gasteiger partial charge on any atom is -0.315 e. The first kappa shape index (κ1) is 8.71. The van der Waals surface area contributed by atoms with Gasteiger partial charge >= 0.3 is 0 Å². The molecule has 3 nitrogen and oxygen atoms in total. The van der Waals surface area contributed by atoms with E-state index in [1.165, 1.54) is 17.6 Å². The molecular formula is C9H11NO2. The fourth-order valence-corrected chi connectivity index (χ4v) is 0.987. The molecule has 3 heteroatoms. The summed E-state index contributed by atoms with van der Waals surface area (Å²) in [7, 11) is 0. The van der Waals surface area contributed by atoms with Gasteiger partial charge in [-0.15, -0.1) is 0 Å². The average molecular weight is 165 g/mol. The maximum atomic E-state index is 11.1. The summed E-state index contributed by atoms with van der Waals surface area (Å²) in [5.74, 6) is -0.0165. The van der Waals surface area contributed by atoms with Gasteiger partial charge in [0.05, 0.1) is 0 Å². The average Bonchev–Trinajstić information content (AvgIpc) is 2.05. The van der Waals surface area contributed by atoms with E-state index in [2.05, 4.69) is 0 Å². The normalized spacial score (nSPS) is 9.83. The summed E-state index contributed by atoms with van der Waals surface area (Å²) in [6.45, 7) is 3.95. The number of aromatic nitrogens is 1. The van der Waals surface area contributed by atoms with Gasteiger partial charge in [0.15, 0.2) is 5.78 Å². The molecule has 1 rings (SSSR count). The molecule has 0 aliphatic heterocycles. The topological polar surface area (TPSA) is 39.1 Å². The van der Waals surface area contributed by atoms with Crippen LogP contribution in [0.5, 0.6) is 0 Å². The van der Waals surface area contributed by atoms with E-state index in [4.69, 9.17) is 0 Å². The Morgan fingerprint density at radius 3 is 2.67 bits per heavy atom. The second-order valence-corrected chi connectivity index (χ2v) is 2.60. The summed E-state index contributed by atoms with van der Waals surface area (Å²) in [5.41, 5.74) is 0.513. The fourth-order valence-electron chi connectivity index (χ4n) is 0.987. The molecule has 0 saturated carbocycles. The van der Waals surface area contributed by atoms with Gasteiger partial charge in [0.1, 0.15) is 0 Å². The van der Waals surface area contributed by atoms with Crippen molar-refractivity contribution in [2.24, 2.45) is 0 Å². The number of carbonyl (C=O) groups is 1. The van der Waals surface area contributed by atoms with Crippen molar-refractivity contribution in [2.45, 2.75) is 20.4 Å². The van der Waals surface area contributed by atoms with Gasteiger partial charge in [-0.3, -0.25) is 9.59 Å². The number of aryl methyl sites for hydroxylation is 1. The van der Waals surface area contributed by atoms with E-state index in [0.717, 1.165) is 0 Å². The highest BCUT2D eigenvalue weighted by molar-refractivity contribution is 5.93. The van der Waals surface area contributed by atoms with E-state index in [-0.39, 0.29) is 11.3 Å². The molecule has 1 aromatic heterocycles. The number of hydrogen-bond acceptors (Lipinski definition) is 2. The van der Waals surface area contributed by atoms with Crippen LogP contribution in [0, 0.1) is 0 Å². The smallest absolute Gasteiger partial charge is 0.250 e. The van der Waals surface area contributed by atoms with Crippen LogP contribution in [0.4, 0.5) is 0 Å². The van der Waals surface area contributed by atoms with Gasteiger partial charge < -0.3 is 4.57 Å². The Morgan fingerprint density at radius 1 is 1.50 bits per heavy atom. The molecule has 64 valence electrons. The molecule has 0 N–H and O–H groups in total. The van der Waals surface area contributed by atoms with E-state index in [1.807, 2.05) is 6.92 Å². The standard InChI is InChI=1S/C9H11NO2/c1-3-10-6-8(7(2)11)4-5-9(10)12/h4-6H,3H2,1-2H3. The molecule has 0 unspecified atom stereocenters. The number of nitrogens with zero attached hydrogens (tertiary/aromatic N) is 1. The largest absolute Gasteiger partial charge is 0.315 e. The Balaban J connectivity index is 3.23. The van der Waals surface area contributed by atoms with Crippen LogP contribution >= 0.6 is 0 Å². The predicted octanol–water partition coefficient (Wildman–Crippen LogP) is 1.07. The zero-order valence-electron chi connectivity index (χ0n) is 7.20. The van der Waals surface area contributed by atoms with Crippen LogP contribution in [0.1, 0.15) is 24.2 Å². The first-order chi connectivity index (χ1) is 5.65. The van der Waals surface area contributed by atoms with Crippen LogP contribution in [0.25, 0.3) is 0 Å². The highest BCUT2D eigenvalue weighted by Crippen LogP contribution is 1.96. The fraction of sp³-hybridized carbons (Fsp3) is 0.333. The van der Waals surface area contributed by atoms with Crippen molar-refractivity contribution in [2.75, 3.05) is 0 Å². The minimum atomic E-state index is -0.0671. The maximum Gasteiger partial charge on any atom is 0.250 e. The van der Waals surface area contributed by atoms with Gasteiger partial charge in [0, 0.05) is 24.4 Å². The number of pyridine rings is 1. The molecule has 0 fully saturated rings. The Hall–Kier alpha value is -1.38. The van der Waals surface area contributed by atoms with E-state index in [1.54, 1.807) is 12.3 Å². The van der Waals surface area contributed by atoms with E-state index >= 15 is 0 Å². The van der Waals surface area contributed by atoms with Gasteiger partial charge in [0.25, 0.3) is 5.56 Å². The molecule has 0 aliphatic rings. The monoisotopic (exact) mass is 165 g/mol. The van der Waals surface area contributed by atoms with Crippen molar-refractivity contribution < 1.29 is 4.79 Å². The molecule has 0 radical (unpaired) electrons. The first-order valence-corrected chi connectivity index (χ1v) is 3.86. The molecule has 1 aromatic rings. The summed E-state index contributed by atoms with van der Waals surface area (Å²) in [4.78, 5) is 22.0. The third-order valence-corrected chi connectivity index (χ3v) is 1.73. The zero-order chi connectivity index (χ0) is 9.14. The second kappa shape index (κ2) is 3.34. The molecule has 0 spiro atoms. The Morgan fingerprint density at radius 2 is 2.17 bits per heavy atom. The first-order valence-electron chi connectivity index (χ1n) is 3.86. The minimum absolute atomic E-state index is 0.0165. The molecule has 0 atom stereocenters. The number of carbonyl (C=O) groups excluding carboxylic acids is 1. The molecule has 0 saturated heterocycles. The zero-order valence-corrected chi connectivity index (χ0v) is 7.20. The SMILES string of the molecule is CCn1cc(C(C)=O)ccc1=O. The number of ketones is 1. The molecule has 0 amide bonds. The second-order valence-electron chi connectivity index (χ2n) is 2.60. The van der Waals surface area contributed by atoms with Crippen LogP contribution in [0.2, 0.25) is 0 Å². The molecule has 1 heterocycles. The van der Waals surface area contributed by atoms with Crippen molar-refractivity contribution in [1.29, 1.82) is 0 Å². The van der Waals surface area contributed by atoms with Crippen molar-refractivity contribution >= 4 is 5.78 Å². The van der Waals surface area contributed by atoms with E-state index in [9.17, 15) is 9.59 Å². The number of rotatable bonds is 2. The van der Waals surface area contributed by atoms with Gasteiger partial charge in [-0.2, -0.15) is 0 Å². The van der Waals surface area contributed by atoms with Crippen molar-refractivity contribution in [3.8, 4) is 0 Å². The molecule has 0 aromatic carbocycles. The molecule has 12 heavy (non-hydrogen) atoms. The highest BCUT2D eigenvalue weighted by atomic mass is 16.1. The quantitative estimate of drug-likeness (QED) is 0.615. The maximum absolute atomic E-state index is 11.1. The number of hydrogen-bond donors (Lipinski definition) is 0. The van der Waals surface area contributed by atoms with Gasteiger partial charge in [-0.25, -0.2) is 0 Å². The summed E-state index contributed by atoms with van der Waals surface area (Å²) in [6, 6.07) is 2.97. The molecule has 0 aliphatic carbocycles. The lowest BCUT2D eigenvalue weighted by Crippen LogP contribution is -2.18.